The Morgan fingerprint density at radius 3 is 2.45 bits per heavy atom. The monoisotopic (exact) mass is 317 g/mol. The number of nitrogens with zero attached hydrogens (tertiary/aromatic N) is 1. The standard InChI is InChI=1S/C17H19NO3S/c19-16(7-6-15-9-11-22-13-15)18(12-17(20)21)10-8-14-4-2-1-3-5-14/h1-5,9,11,13H,6-8,10,12H2,(H,20,21). The van der Waals surface area contributed by atoms with Crippen LogP contribution in [0.15, 0.2) is 47.2 Å². The first-order valence-corrected chi connectivity index (χ1v) is 8.14. The van der Waals surface area contributed by atoms with Gasteiger partial charge in [0, 0.05) is 13.0 Å². The highest BCUT2D eigenvalue weighted by atomic mass is 32.1. The summed E-state index contributed by atoms with van der Waals surface area (Å²) in [6, 6.07) is 11.8. The van der Waals surface area contributed by atoms with Crippen molar-refractivity contribution in [1.82, 2.24) is 4.90 Å². The van der Waals surface area contributed by atoms with Gasteiger partial charge in [0.05, 0.1) is 0 Å². The van der Waals surface area contributed by atoms with Crippen LogP contribution in [0.3, 0.4) is 0 Å². The number of aryl methyl sites for hydroxylation is 1. The Morgan fingerprint density at radius 1 is 1.05 bits per heavy atom. The lowest BCUT2D eigenvalue weighted by molar-refractivity contribution is -0.144. The van der Waals surface area contributed by atoms with Gasteiger partial charge in [0.15, 0.2) is 0 Å². The summed E-state index contributed by atoms with van der Waals surface area (Å²) in [4.78, 5) is 24.7. The quantitative estimate of drug-likeness (QED) is 0.814. The first-order valence-electron chi connectivity index (χ1n) is 7.19. The lowest BCUT2D eigenvalue weighted by Gasteiger charge is -2.20. The molecule has 1 heterocycles. The van der Waals surface area contributed by atoms with Crippen molar-refractivity contribution >= 4 is 23.2 Å². The number of hydrogen-bond donors (Lipinski definition) is 1. The molecule has 0 bridgehead atoms. The van der Waals surface area contributed by atoms with Crippen molar-refractivity contribution in [1.29, 1.82) is 0 Å². The van der Waals surface area contributed by atoms with Crippen LogP contribution < -0.4 is 0 Å². The molecule has 1 aromatic carbocycles. The van der Waals surface area contributed by atoms with Crippen LogP contribution in [0.5, 0.6) is 0 Å². The fourth-order valence-corrected chi connectivity index (χ4v) is 2.91. The lowest BCUT2D eigenvalue weighted by Crippen LogP contribution is -2.37. The lowest BCUT2D eigenvalue weighted by atomic mass is 10.1. The van der Waals surface area contributed by atoms with Crippen molar-refractivity contribution in [3.05, 3.63) is 58.3 Å². The Morgan fingerprint density at radius 2 is 1.82 bits per heavy atom. The number of carbonyl (C=O) groups excluding carboxylic acids is 1. The van der Waals surface area contributed by atoms with E-state index in [0.717, 1.165) is 11.1 Å². The summed E-state index contributed by atoms with van der Waals surface area (Å²) in [5.74, 6) is -1.08. The van der Waals surface area contributed by atoms with Crippen LogP contribution in [-0.2, 0) is 22.4 Å². The second kappa shape index (κ2) is 8.34. The molecule has 0 unspecified atom stereocenters. The summed E-state index contributed by atoms with van der Waals surface area (Å²) in [5.41, 5.74) is 2.22. The third kappa shape index (κ3) is 5.33. The van der Waals surface area contributed by atoms with E-state index >= 15 is 0 Å². The van der Waals surface area contributed by atoms with Crippen LogP contribution in [0.25, 0.3) is 0 Å². The predicted molar refractivity (Wildman–Crippen MR) is 87.0 cm³/mol. The summed E-state index contributed by atoms with van der Waals surface area (Å²) in [6.45, 7) is 0.189. The van der Waals surface area contributed by atoms with Crippen molar-refractivity contribution in [3.63, 3.8) is 0 Å². The van der Waals surface area contributed by atoms with Crippen LogP contribution in [0, 0.1) is 0 Å². The van der Waals surface area contributed by atoms with E-state index in [1.165, 1.54) is 4.90 Å². The van der Waals surface area contributed by atoms with Crippen molar-refractivity contribution in [2.45, 2.75) is 19.3 Å². The Labute approximate surface area is 134 Å². The number of amides is 1. The Bertz CT molecular complexity index is 596. The molecule has 0 spiro atoms. The fraction of sp³-hybridized carbons (Fsp3) is 0.294. The van der Waals surface area contributed by atoms with Gasteiger partial charge >= 0.3 is 5.97 Å². The Kier molecular flexibility index (Phi) is 6.15. The smallest absolute Gasteiger partial charge is 0.323 e. The number of hydrogen-bond acceptors (Lipinski definition) is 3. The Hall–Kier alpha value is -2.14. The van der Waals surface area contributed by atoms with Gasteiger partial charge in [-0.25, -0.2) is 0 Å². The predicted octanol–water partition coefficient (Wildman–Crippen LogP) is 2.84. The molecule has 116 valence electrons. The number of carboxylic acid groups (broad SMARTS) is 1. The summed E-state index contributed by atoms with van der Waals surface area (Å²) in [5, 5.41) is 13.0. The molecule has 5 heteroatoms. The van der Waals surface area contributed by atoms with E-state index in [4.69, 9.17) is 5.11 Å². The number of carboxylic acids is 1. The first kappa shape index (κ1) is 16.2. The molecule has 2 rings (SSSR count). The minimum Gasteiger partial charge on any atom is -0.480 e. The van der Waals surface area contributed by atoms with Crippen molar-refractivity contribution < 1.29 is 14.7 Å². The van der Waals surface area contributed by atoms with Crippen molar-refractivity contribution in [3.8, 4) is 0 Å². The van der Waals surface area contributed by atoms with Gasteiger partial charge in [-0.15, -0.1) is 0 Å². The molecule has 1 aromatic heterocycles. The van der Waals surface area contributed by atoms with Gasteiger partial charge in [-0.3, -0.25) is 9.59 Å². The zero-order chi connectivity index (χ0) is 15.8. The van der Waals surface area contributed by atoms with Crippen LogP contribution in [0.2, 0.25) is 0 Å². The van der Waals surface area contributed by atoms with Crippen LogP contribution in [-0.4, -0.2) is 35.0 Å². The van der Waals surface area contributed by atoms with E-state index in [9.17, 15) is 9.59 Å². The van der Waals surface area contributed by atoms with Gasteiger partial charge in [-0.2, -0.15) is 11.3 Å². The highest BCUT2D eigenvalue weighted by Gasteiger charge is 2.16. The topological polar surface area (TPSA) is 57.6 Å². The van der Waals surface area contributed by atoms with Gasteiger partial charge in [-0.05, 0) is 40.8 Å². The maximum absolute atomic E-state index is 12.3. The maximum atomic E-state index is 12.3. The molecule has 0 aliphatic rings. The molecule has 0 fully saturated rings. The normalized spacial score (nSPS) is 10.4. The summed E-state index contributed by atoms with van der Waals surface area (Å²) in [7, 11) is 0. The second-order valence-corrected chi connectivity index (χ2v) is 5.86. The van der Waals surface area contributed by atoms with Gasteiger partial charge in [0.2, 0.25) is 5.91 Å². The minimum absolute atomic E-state index is 0.107. The third-order valence-corrected chi connectivity index (χ3v) is 4.13. The maximum Gasteiger partial charge on any atom is 0.323 e. The van der Waals surface area contributed by atoms with Gasteiger partial charge in [-0.1, -0.05) is 30.3 Å². The molecular formula is C17H19NO3S. The number of carbonyl (C=O) groups is 2. The number of aliphatic carboxylic acids is 1. The second-order valence-electron chi connectivity index (χ2n) is 5.08. The zero-order valence-electron chi connectivity index (χ0n) is 12.3. The SMILES string of the molecule is O=C(O)CN(CCc1ccccc1)C(=O)CCc1ccsc1. The van der Waals surface area contributed by atoms with Gasteiger partial charge in [0.1, 0.15) is 6.54 Å². The van der Waals surface area contributed by atoms with E-state index in [1.54, 1.807) is 11.3 Å². The van der Waals surface area contributed by atoms with Crippen LogP contribution >= 0.6 is 11.3 Å². The summed E-state index contributed by atoms with van der Waals surface area (Å²) in [6.07, 6.45) is 1.67. The fourth-order valence-electron chi connectivity index (χ4n) is 2.21. The molecule has 0 saturated carbocycles. The van der Waals surface area contributed by atoms with Crippen LogP contribution in [0.4, 0.5) is 0 Å². The average molecular weight is 317 g/mol. The van der Waals surface area contributed by atoms with E-state index in [0.29, 0.717) is 25.8 Å². The molecule has 1 N–H and O–H groups in total. The largest absolute Gasteiger partial charge is 0.480 e. The van der Waals surface area contributed by atoms with E-state index in [-0.39, 0.29) is 12.5 Å². The molecule has 0 radical (unpaired) electrons. The molecule has 2 aromatic rings. The van der Waals surface area contributed by atoms with Gasteiger partial charge < -0.3 is 10.0 Å². The minimum atomic E-state index is -0.975. The van der Waals surface area contributed by atoms with Crippen LogP contribution in [0.1, 0.15) is 17.5 Å². The molecule has 1 amide bonds. The molecular weight excluding hydrogens is 298 g/mol. The highest BCUT2D eigenvalue weighted by Crippen LogP contribution is 2.10. The van der Waals surface area contributed by atoms with E-state index in [2.05, 4.69) is 0 Å². The van der Waals surface area contributed by atoms with Crippen molar-refractivity contribution in [2.75, 3.05) is 13.1 Å². The third-order valence-electron chi connectivity index (χ3n) is 3.40. The zero-order valence-corrected chi connectivity index (χ0v) is 13.1. The van der Waals surface area contributed by atoms with E-state index < -0.39 is 5.97 Å². The summed E-state index contributed by atoms with van der Waals surface area (Å²) < 4.78 is 0. The van der Waals surface area contributed by atoms with Crippen molar-refractivity contribution in [2.24, 2.45) is 0 Å². The number of thiophene rings is 1. The molecule has 4 nitrogen and oxygen atoms in total. The number of rotatable bonds is 8. The molecule has 0 aliphatic heterocycles. The molecule has 0 aliphatic carbocycles. The summed E-state index contributed by atoms with van der Waals surface area (Å²) >= 11 is 1.60. The van der Waals surface area contributed by atoms with E-state index in [1.807, 2.05) is 47.2 Å². The highest BCUT2D eigenvalue weighted by molar-refractivity contribution is 7.07. The Balaban J connectivity index is 1.89. The van der Waals surface area contributed by atoms with Gasteiger partial charge in [0.25, 0.3) is 0 Å². The first-order chi connectivity index (χ1) is 10.6. The number of benzene rings is 1. The molecule has 0 saturated heterocycles. The molecule has 0 atom stereocenters. The average Bonchev–Trinajstić information content (AvgIpc) is 3.03. The molecule has 22 heavy (non-hydrogen) atoms.